The van der Waals surface area contributed by atoms with Gasteiger partial charge in [-0.1, -0.05) is 30.3 Å². The summed E-state index contributed by atoms with van der Waals surface area (Å²) < 4.78 is 0. The highest BCUT2D eigenvalue weighted by Gasteiger charge is 2.21. The zero-order valence-electron chi connectivity index (χ0n) is 12.4. The Morgan fingerprint density at radius 2 is 2.05 bits per heavy atom. The van der Waals surface area contributed by atoms with Crippen molar-refractivity contribution >= 4 is 11.6 Å². The summed E-state index contributed by atoms with van der Waals surface area (Å²) in [6, 6.07) is 16.3. The smallest absolute Gasteiger partial charge is 0.251 e. The second-order valence-corrected chi connectivity index (χ2v) is 5.49. The third-order valence-corrected chi connectivity index (χ3v) is 4.00. The Balaban J connectivity index is 1.73. The maximum Gasteiger partial charge on any atom is 0.251 e. The number of fused-ring (bicyclic) bond motifs is 1. The molecule has 22 heavy (non-hydrogen) atoms. The van der Waals surface area contributed by atoms with Gasteiger partial charge in [0.2, 0.25) is 0 Å². The summed E-state index contributed by atoms with van der Waals surface area (Å²) in [7, 11) is 0. The number of anilines is 1. The number of aryl methyl sites for hydroxylation is 1. The first kappa shape index (κ1) is 14.6. The van der Waals surface area contributed by atoms with Crippen LogP contribution in [0.15, 0.2) is 48.5 Å². The van der Waals surface area contributed by atoms with Crippen LogP contribution in [-0.2, 0) is 6.42 Å². The molecule has 0 fully saturated rings. The normalized spacial score (nSPS) is 16.1. The Labute approximate surface area is 130 Å². The van der Waals surface area contributed by atoms with E-state index in [1.807, 2.05) is 18.2 Å². The van der Waals surface area contributed by atoms with E-state index in [0.717, 1.165) is 18.5 Å². The predicted molar refractivity (Wildman–Crippen MR) is 87.0 cm³/mol. The summed E-state index contributed by atoms with van der Waals surface area (Å²) in [6.45, 7) is 0.217. The van der Waals surface area contributed by atoms with Crippen LogP contribution in [0, 0.1) is 0 Å². The quantitative estimate of drug-likeness (QED) is 0.794. The van der Waals surface area contributed by atoms with E-state index in [0.29, 0.717) is 11.6 Å². The van der Waals surface area contributed by atoms with Crippen LogP contribution in [0.5, 0.6) is 0 Å². The molecule has 0 saturated carbocycles. The zero-order valence-corrected chi connectivity index (χ0v) is 12.4. The number of carbonyl (C=O) groups is 1. The number of carbonyl (C=O) groups excluding carboxylic acids is 1. The zero-order chi connectivity index (χ0) is 15.4. The molecule has 0 heterocycles. The van der Waals surface area contributed by atoms with E-state index >= 15 is 0 Å². The van der Waals surface area contributed by atoms with Gasteiger partial charge in [-0.15, -0.1) is 0 Å². The van der Waals surface area contributed by atoms with E-state index in [9.17, 15) is 4.79 Å². The molecular formula is C18H20N2O2. The summed E-state index contributed by atoms with van der Waals surface area (Å²) in [6.07, 6.45) is 2.16. The number of aliphatic hydroxyl groups excluding tert-OH is 1. The molecule has 3 N–H and O–H groups in total. The highest BCUT2D eigenvalue weighted by molar-refractivity contribution is 5.95. The second-order valence-electron chi connectivity index (χ2n) is 5.49. The highest BCUT2D eigenvalue weighted by Crippen LogP contribution is 2.33. The molecule has 1 aliphatic rings. The predicted octanol–water partition coefficient (Wildman–Crippen LogP) is 2.51. The van der Waals surface area contributed by atoms with Crippen molar-refractivity contribution in [3.05, 3.63) is 65.2 Å². The molecule has 0 saturated heterocycles. The van der Waals surface area contributed by atoms with E-state index in [1.165, 1.54) is 11.1 Å². The van der Waals surface area contributed by atoms with Crippen LogP contribution in [0.1, 0.15) is 33.9 Å². The molecule has 4 nitrogen and oxygen atoms in total. The molecule has 1 aliphatic carbocycles. The lowest BCUT2D eigenvalue weighted by molar-refractivity contribution is 0.0945. The fourth-order valence-corrected chi connectivity index (χ4v) is 2.93. The van der Waals surface area contributed by atoms with Crippen LogP contribution < -0.4 is 10.6 Å². The molecule has 1 unspecified atom stereocenters. The maximum atomic E-state index is 11.9. The van der Waals surface area contributed by atoms with Crippen molar-refractivity contribution in [2.24, 2.45) is 0 Å². The first-order valence-corrected chi connectivity index (χ1v) is 7.61. The standard InChI is InChI=1S/C18H20N2O2/c21-11-10-19-18(22)14-5-3-6-15(12-14)20-17-9-8-13-4-1-2-7-16(13)17/h1-7,12,17,20-21H,8-11H2,(H,19,22). The molecule has 0 spiro atoms. The van der Waals surface area contributed by atoms with Gasteiger partial charge < -0.3 is 15.7 Å². The number of hydrogen-bond acceptors (Lipinski definition) is 3. The van der Waals surface area contributed by atoms with Crippen LogP contribution in [0.25, 0.3) is 0 Å². The molecule has 1 atom stereocenters. The fraction of sp³-hybridized carbons (Fsp3) is 0.278. The minimum Gasteiger partial charge on any atom is -0.395 e. The molecule has 2 aromatic rings. The van der Waals surface area contributed by atoms with Gasteiger partial charge >= 0.3 is 0 Å². The van der Waals surface area contributed by atoms with Crippen molar-refractivity contribution in [1.29, 1.82) is 0 Å². The van der Waals surface area contributed by atoms with E-state index in [1.54, 1.807) is 6.07 Å². The third kappa shape index (κ3) is 3.12. The number of nitrogens with one attached hydrogen (secondary N) is 2. The monoisotopic (exact) mass is 296 g/mol. The van der Waals surface area contributed by atoms with Gasteiger partial charge in [-0.3, -0.25) is 4.79 Å². The summed E-state index contributed by atoms with van der Waals surface area (Å²) in [5.74, 6) is -0.162. The lowest BCUT2D eigenvalue weighted by Gasteiger charge is -2.16. The van der Waals surface area contributed by atoms with Crippen molar-refractivity contribution in [3.8, 4) is 0 Å². The Hall–Kier alpha value is -2.33. The number of benzene rings is 2. The molecule has 0 bridgehead atoms. The van der Waals surface area contributed by atoms with Crippen LogP contribution in [0.2, 0.25) is 0 Å². The summed E-state index contributed by atoms with van der Waals surface area (Å²) in [4.78, 5) is 11.9. The summed E-state index contributed by atoms with van der Waals surface area (Å²) in [5, 5.41) is 15.0. The molecule has 4 heteroatoms. The molecule has 0 aromatic heterocycles. The van der Waals surface area contributed by atoms with Gasteiger partial charge in [0.25, 0.3) is 5.91 Å². The lowest BCUT2D eigenvalue weighted by Crippen LogP contribution is -2.26. The maximum absolute atomic E-state index is 11.9. The topological polar surface area (TPSA) is 61.4 Å². The van der Waals surface area contributed by atoms with Crippen LogP contribution in [0.4, 0.5) is 5.69 Å². The van der Waals surface area contributed by atoms with Crippen molar-refractivity contribution in [2.45, 2.75) is 18.9 Å². The summed E-state index contributed by atoms with van der Waals surface area (Å²) >= 11 is 0. The molecule has 1 amide bonds. The minimum atomic E-state index is -0.162. The Morgan fingerprint density at radius 1 is 1.18 bits per heavy atom. The number of hydrogen-bond donors (Lipinski definition) is 3. The number of rotatable bonds is 5. The third-order valence-electron chi connectivity index (χ3n) is 4.00. The molecule has 114 valence electrons. The average Bonchev–Trinajstić information content (AvgIpc) is 2.96. The molecule has 2 aromatic carbocycles. The van der Waals surface area contributed by atoms with Crippen LogP contribution in [-0.4, -0.2) is 24.2 Å². The van der Waals surface area contributed by atoms with E-state index < -0.39 is 0 Å². The SMILES string of the molecule is O=C(NCCO)c1cccc(NC2CCc3ccccc32)c1. The van der Waals surface area contributed by atoms with Crippen LogP contribution >= 0.6 is 0 Å². The van der Waals surface area contributed by atoms with E-state index in [2.05, 4.69) is 34.9 Å². The Kier molecular flexibility index (Phi) is 4.39. The van der Waals surface area contributed by atoms with Gasteiger partial charge in [-0.2, -0.15) is 0 Å². The minimum absolute atomic E-state index is 0.0530. The van der Waals surface area contributed by atoms with Gasteiger partial charge in [0.1, 0.15) is 0 Å². The van der Waals surface area contributed by atoms with Crippen molar-refractivity contribution in [2.75, 3.05) is 18.5 Å². The Morgan fingerprint density at radius 3 is 2.91 bits per heavy atom. The van der Waals surface area contributed by atoms with Gasteiger partial charge in [0, 0.05) is 17.8 Å². The number of amides is 1. The largest absolute Gasteiger partial charge is 0.395 e. The summed E-state index contributed by atoms with van der Waals surface area (Å²) in [5.41, 5.74) is 4.29. The molecule has 3 rings (SSSR count). The van der Waals surface area contributed by atoms with Crippen molar-refractivity contribution in [3.63, 3.8) is 0 Å². The fourth-order valence-electron chi connectivity index (χ4n) is 2.93. The first-order chi connectivity index (χ1) is 10.8. The van der Waals surface area contributed by atoms with Crippen molar-refractivity contribution < 1.29 is 9.90 Å². The molecule has 0 aliphatic heterocycles. The van der Waals surface area contributed by atoms with Gasteiger partial charge in [0.15, 0.2) is 0 Å². The van der Waals surface area contributed by atoms with Gasteiger partial charge in [-0.25, -0.2) is 0 Å². The van der Waals surface area contributed by atoms with Crippen molar-refractivity contribution in [1.82, 2.24) is 5.32 Å². The van der Waals surface area contributed by atoms with Gasteiger partial charge in [-0.05, 0) is 42.2 Å². The van der Waals surface area contributed by atoms with E-state index in [-0.39, 0.29) is 19.1 Å². The second kappa shape index (κ2) is 6.62. The van der Waals surface area contributed by atoms with Crippen LogP contribution in [0.3, 0.4) is 0 Å². The molecular weight excluding hydrogens is 276 g/mol. The average molecular weight is 296 g/mol. The van der Waals surface area contributed by atoms with E-state index in [4.69, 9.17) is 5.11 Å². The lowest BCUT2D eigenvalue weighted by atomic mass is 10.1. The molecule has 0 radical (unpaired) electrons. The highest BCUT2D eigenvalue weighted by atomic mass is 16.3. The first-order valence-electron chi connectivity index (χ1n) is 7.61. The van der Waals surface area contributed by atoms with Gasteiger partial charge in [0.05, 0.1) is 12.6 Å². The number of aliphatic hydroxyl groups is 1. The Bertz CT molecular complexity index is 670.